The molecule has 4 rings (SSSR count). The summed E-state index contributed by atoms with van der Waals surface area (Å²) in [6.45, 7) is 3.04. The van der Waals surface area contributed by atoms with Crippen molar-refractivity contribution in [3.05, 3.63) is 64.6 Å². The van der Waals surface area contributed by atoms with E-state index in [2.05, 4.69) is 15.0 Å². The number of aliphatic hydroxyl groups is 1. The van der Waals surface area contributed by atoms with Crippen LogP contribution in [0.5, 0.6) is 5.75 Å². The van der Waals surface area contributed by atoms with E-state index in [0.29, 0.717) is 11.3 Å². The van der Waals surface area contributed by atoms with E-state index in [1.54, 1.807) is 25.1 Å². The van der Waals surface area contributed by atoms with Crippen molar-refractivity contribution < 1.29 is 41.0 Å². The number of nitrogens with one attached hydrogen (secondary N) is 1. The van der Waals surface area contributed by atoms with Crippen LogP contribution in [0.2, 0.25) is 0 Å². The van der Waals surface area contributed by atoms with Crippen LogP contribution in [0.15, 0.2) is 52.9 Å². The Morgan fingerprint density at radius 1 is 1.22 bits per heavy atom. The van der Waals surface area contributed by atoms with Crippen LogP contribution in [-0.4, -0.2) is 73.6 Å². The molecule has 1 fully saturated rings. The quantitative estimate of drug-likeness (QED) is 0.484. The zero-order valence-electron chi connectivity index (χ0n) is 22.3. The first-order valence-corrected chi connectivity index (χ1v) is 14.2. The molecule has 0 unspecified atom stereocenters. The molecule has 2 N–H and O–H groups in total. The Hall–Kier alpha value is -3.75. The monoisotopic (exact) mass is 594 g/mol. The number of rotatable bonds is 8. The summed E-state index contributed by atoms with van der Waals surface area (Å²) in [6, 6.07) is 10.2. The summed E-state index contributed by atoms with van der Waals surface area (Å²) >= 11 is 0. The molecule has 0 bridgehead atoms. The molecular weight excluding hydrogens is 565 g/mol. The summed E-state index contributed by atoms with van der Waals surface area (Å²) in [5.74, 6) is -1.08. The normalized spacial score (nSPS) is 17.5. The lowest BCUT2D eigenvalue weighted by Gasteiger charge is -2.34. The Morgan fingerprint density at radius 3 is 2.56 bits per heavy atom. The molecule has 2 aromatic rings. The molecule has 1 spiro atoms. The number of halogens is 3. The third-order valence-electron chi connectivity index (χ3n) is 6.93. The maximum atomic E-state index is 13.1. The molecular formula is C27H29F3N4O6S. The first-order chi connectivity index (χ1) is 19.2. The molecule has 0 aromatic heterocycles. The molecule has 0 atom stereocenters. The summed E-state index contributed by atoms with van der Waals surface area (Å²) in [5, 5.41) is 12.9. The Morgan fingerprint density at radius 2 is 1.93 bits per heavy atom. The van der Waals surface area contributed by atoms with Gasteiger partial charge >= 0.3 is 6.36 Å². The van der Waals surface area contributed by atoms with Crippen LogP contribution >= 0.6 is 0 Å². The average Bonchev–Trinajstić information content (AvgIpc) is 3.21. The number of anilines is 1. The number of piperidine rings is 1. The second-order valence-electron chi connectivity index (χ2n) is 9.70. The number of sulfonamides is 1. The Balaban J connectivity index is 1.48. The largest absolute Gasteiger partial charge is 0.573 e. The maximum absolute atomic E-state index is 13.1. The second kappa shape index (κ2) is 11.6. The molecule has 14 heteroatoms. The van der Waals surface area contributed by atoms with Gasteiger partial charge in [-0.25, -0.2) is 8.42 Å². The highest BCUT2D eigenvalue weighted by Crippen LogP contribution is 2.33. The number of carbonyl (C=O) groups excluding carboxylic acids is 2. The van der Waals surface area contributed by atoms with Crippen molar-refractivity contribution in [3.8, 4) is 5.75 Å². The van der Waals surface area contributed by atoms with Gasteiger partial charge in [0.25, 0.3) is 5.91 Å². The number of hydrogen-bond donors (Lipinski definition) is 2. The Kier molecular flexibility index (Phi) is 8.57. The van der Waals surface area contributed by atoms with Crippen LogP contribution in [0.1, 0.15) is 36.5 Å². The fourth-order valence-electron chi connectivity index (χ4n) is 4.73. The van der Waals surface area contributed by atoms with Gasteiger partial charge in [-0.1, -0.05) is 18.2 Å². The fraction of sp³-hybridized carbons (Fsp3) is 0.370. The van der Waals surface area contributed by atoms with E-state index in [0.717, 1.165) is 23.1 Å². The number of amides is 2. The topological polar surface area (TPSA) is 129 Å². The number of nitrogens with zero attached hydrogens (tertiary/aromatic N) is 3. The summed E-state index contributed by atoms with van der Waals surface area (Å²) in [5.41, 5.74) is 0.865. The number of ether oxygens (including phenoxy) is 1. The summed E-state index contributed by atoms with van der Waals surface area (Å²) in [7, 11) is -3.88. The highest BCUT2D eigenvalue weighted by atomic mass is 32.2. The summed E-state index contributed by atoms with van der Waals surface area (Å²) in [4.78, 5) is 30.7. The van der Waals surface area contributed by atoms with E-state index in [9.17, 15) is 36.3 Å². The lowest BCUT2D eigenvalue weighted by molar-refractivity contribution is -0.274. The van der Waals surface area contributed by atoms with Gasteiger partial charge in [-0.15, -0.1) is 13.2 Å². The van der Waals surface area contributed by atoms with Gasteiger partial charge in [-0.05, 0) is 61.2 Å². The van der Waals surface area contributed by atoms with E-state index < -0.39 is 33.6 Å². The van der Waals surface area contributed by atoms with Gasteiger partial charge in [-0.3, -0.25) is 14.6 Å². The zero-order chi connectivity index (χ0) is 30.0. The minimum Gasteiger partial charge on any atom is -0.406 e. The molecule has 1 saturated heterocycles. The van der Waals surface area contributed by atoms with Crippen LogP contribution in [0.3, 0.4) is 0 Å². The van der Waals surface area contributed by atoms with E-state index >= 15 is 0 Å². The van der Waals surface area contributed by atoms with Crippen LogP contribution in [0.4, 0.5) is 18.9 Å². The van der Waals surface area contributed by atoms with Crippen molar-refractivity contribution in [1.29, 1.82) is 0 Å². The molecule has 0 saturated carbocycles. The molecule has 2 aliphatic rings. The highest BCUT2D eigenvalue weighted by molar-refractivity contribution is 7.92. The minimum atomic E-state index is -4.87. The first-order valence-electron chi connectivity index (χ1n) is 12.7. The number of alkyl halides is 3. The zero-order valence-corrected chi connectivity index (χ0v) is 23.1. The standard InChI is InChI=1S/C27H29F3N4O6S/c1-18-6-7-22(34(13-14-35)19(2)36)16-20(18)8-15-41(38,39)33-11-9-26(10-12-33)25(37)31-24(32-26)21-4-3-5-23(17-21)40-27(28,29)30/h3-8,15-17,35H,9-14H2,1-2H3,(H,31,32,37). The lowest BCUT2D eigenvalue weighted by atomic mass is 9.89. The number of benzene rings is 2. The van der Waals surface area contributed by atoms with Crippen LogP contribution in [0, 0.1) is 6.92 Å². The Labute approximate surface area is 235 Å². The highest BCUT2D eigenvalue weighted by Gasteiger charge is 2.47. The van der Waals surface area contributed by atoms with Crippen LogP contribution < -0.4 is 15.0 Å². The maximum Gasteiger partial charge on any atom is 0.573 e. The number of amidine groups is 1. The van der Waals surface area contributed by atoms with Gasteiger partial charge in [0, 0.05) is 43.2 Å². The molecule has 0 radical (unpaired) electrons. The van der Waals surface area contributed by atoms with Crippen molar-refractivity contribution in [2.75, 3.05) is 31.1 Å². The van der Waals surface area contributed by atoms with Crippen molar-refractivity contribution in [2.24, 2.45) is 4.99 Å². The predicted molar refractivity (Wildman–Crippen MR) is 146 cm³/mol. The lowest BCUT2D eigenvalue weighted by Crippen LogP contribution is -2.50. The molecule has 0 aliphatic carbocycles. The van der Waals surface area contributed by atoms with E-state index in [1.807, 2.05) is 0 Å². The summed E-state index contributed by atoms with van der Waals surface area (Å²) in [6.07, 6.45) is -3.28. The van der Waals surface area contributed by atoms with Crippen molar-refractivity contribution in [1.82, 2.24) is 9.62 Å². The summed E-state index contributed by atoms with van der Waals surface area (Å²) < 4.78 is 69.2. The predicted octanol–water partition coefficient (Wildman–Crippen LogP) is 2.95. The second-order valence-corrected chi connectivity index (χ2v) is 11.5. The third kappa shape index (κ3) is 6.94. The number of hydrogen-bond acceptors (Lipinski definition) is 7. The molecule has 220 valence electrons. The Bertz CT molecular complexity index is 1500. The van der Waals surface area contributed by atoms with Gasteiger partial charge in [0.15, 0.2) is 0 Å². The van der Waals surface area contributed by atoms with Gasteiger partial charge in [0.1, 0.15) is 17.1 Å². The van der Waals surface area contributed by atoms with Gasteiger partial charge in [0.05, 0.1) is 6.61 Å². The number of carbonyl (C=O) groups is 2. The smallest absolute Gasteiger partial charge is 0.406 e. The number of aliphatic hydroxyl groups excluding tert-OH is 1. The number of aryl methyl sites for hydroxylation is 1. The van der Waals surface area contributed by atoms with E-state index in [4.69, 9.17) is 0 Å². The average molecular weight is 595 g/mol. The molecule has 2 amide bonds. The van der Waals surface area contributed by atoms with Crippen LogP contribution in [-0.2, 0) is 19.6 Å². The first kappa shape index (κ1) is 30.2. The fourth-order valence-corrected chi connectivity index (χ4v) is 5.91. The van der Waals surface area contributed by atoms with E-state index in [1.165, 1.54) is 34.3 Å². The van der Waals surface area contributed by atoms with Crippen molar-refractivity contribution in [3.63, 3.8) is 0 Å². The molecule has 10 nitrogen and oxygen atoms in total. The number of aliphatic imine (C=N–C) groups is 1. The van der Waals surface area contributed by atoms with E-state index in [-0.39, 0.29) is 56.4 Å². The molecule has 2 heterocycles. The van der Waals surface area contributed by atoms with Gasteiger partial charge in [-0.2, -0.15) is 4.31 Å². The van der Waals surface area contributed by atoms with Crippen LogP contribution in [0.25, 0.3) is 6.08 Å². The van der Waals surface area contributed by atoms with Crippen molar-refractivity contribution in [2.45, 2.75) is 38.6 Å². The molecule has 2 aromatic carbocycles. The van der Waals surface area contributed by atoms with Gasteiger partial charge < -0.3 is 20.1 Å². The SMILES string of the molecule is CC(=O)N(CCO)c1ccc(C)c(C=CS(=O)(=O)N2CCC3(CC2)N=C(c2cccc(OC(F)(F)F)c2)NC3=O)c1. The molecule has 2 aliphatic heterocycles. The third-order valence-corrected chi connectivity index (χ3v) is 8.49. The van der Waals surface area contributed by atoms with Gasteiger partial charge in [0.2, 0.25) is 15.9 Å². The minimum absolute atomic E-state index is 0.00172. The van der Waals surface area contributed by atoms with Crippen molar-refractivity contribution >= 4 is 39.4 Å². The molecule has 41 heavy (non-hydrogen) atoms.